The first-order chi connectivity index (χ1) is 6.79. The first-order valence-corrected chi connectivity index (χ1v) is 4.82. The Morgan fingerprint density at radius 2 is 2.07 bits per heavy atom. The molecule has 4 heteroatoms. The van der Waals surface area contributed by atoms with Crippen LogP contribution in [0.4, 0.5) is 0 Å². The molecule has 14 heavy (non-hydrogen) atoms. The lowest BCUT2D eigenvalue weighted by atomic mass is 10.0. The van der Waals surface area contributed by atoms with Gasteiger partial charge in [0.05, 0.1) is 12.1 Å². The zero-order valence-corrected chi connectivity index (χ0v) is 8.68. The quantitative estimate of drug-likeness (QED) is 0.769. The normalized spacial score (nSPS) is 15.1. The maximum atomic E-state index is 6.03. The first-order valence-electron chi connectivity index (χ1n) is 4.82. The van der Waals surface area contributed by atoms with Gasteiger partial charge in [0, 0.05) is 25.1 Å². The average Bonchev–Trinajstić information content (AvgIpc) is 2.26. The van der Waals surface area contributed by atoms with Crippen LogP contribution < -0.4 is 5.73 Å². The molecule has 1 aromatic rings. The van der Waals surface area contributed by atoms with Crippen molar-refractivity contribution >= 4 is 0 Å². The van der Waals surface area contributed by atoms with E-state index in [9.17, 15) is 0 Å². The number of hydrogen-bond donors (Lipinski definition) is 1. The van der Waals surface area contributed by atoms with Crippen molar-refractivity contribution in [3.05, 3.63) is 24.3 Å². The van der Waals surface area contributed by atoms with Crippen molar-refractivity contribution in [2.75, 3.05) is 7.11 Å². The molecule has 0 radical (unpaired) electrons. The molecule has 2 unspecified atom stereocenters. The second-order valence-electron chi connectivity index (χ2n) is 3.26. The Hall–Kier alpha value is -1.00. The predicted molar refractivity (Wildman–Crippen MR) is 54.7 cm³/mol. The Balaban J connectivity index is 2.67. The van der Waals surface area contributed by atoms with E-state index < -0.39 is 0 Å². The fraction of sp³-hybridized carbons (Fsp3) is 0.600. The number of rotatable bonds is 5. The second kappa shape index (κ2) is 5.67. The Morgan fingerprint density at radius 3 is 2.57 bits per heavy atom. The van der Waals surface area contributed by atoms with Gasteiger partial charge in [0.25, 0.3) is 0 Å². The third-order valence-electron chi connectivity index (χ3n) is 2.24. The highest BCUT2D eigenvalue weighted by Gasteiger charge is 2.18. The SMILES string of the molecule is CCCC(OC)C(N)c1cncnc1. The van der Waals surface area contributed by atoms with Crippen molar-refractivity contribution in [1.82, 2.24) is 9.97 Å². The van der Waals surface area contributed by atoms with E-state index in [-0.39, 0.29) is 12.1 Å². The van der Waals surface area contributed by atoms with E-state index in [0.717, 1.165) is 18.4 Å². The molecular weight excluding hydrogens is 178 g/mol. The fourth-order valence-electron chi connectivity index (χ4n) is 1.43. The van der Waals surface area contributed by atoms with Crippen molar-refractivity contribution in [2.24, 2.45) is 5.73 Å². The van der Waals surface area contributed by atoms with Crippen LogP contribution in [-0.2, 0) is 4.74 Å². The lowest BCUT2D eigenvalue weighted by molar-refractivity contribution is 0.0723. The zero-order valence-electron chi connectivity index (χ0n) is 8.68. The van der Waals surface area contributed by atoms with Crippen LogP contribution in [0.25, 0.3) is 0 Å². The van der Waals surface area contributed by atoms with Crippen molar-refractivity contribution in [1.29, 1.82) is 0 Å². The van der Waals surface area contributed by atoms with Crippen molar-refractivity contribution in [3.8, 4) is 0 Å². The molecule has 0 aliphatic rings. The zero-order chi connectivity index (χ0) is 10.4. The largest absolute Gasteiger partial charge is 0.379 e. The molecule has 0 bridgehead atoms. The number of aromatic nitrogens is 2. The van der Waals surface area contributed by atoms with Gasteiger partial charge in [-0.25, -0.2) is 9.97 Å². The highest BCUT2D eigenvalue weighted by Crippen LogP contribution is 2.17. The lowest BCUT2D eigenvalue weighted by Gasteiger charge is -2.21. The smallest absolute Gasteiger partial charge is 0.115 e. The Kier molecular flexibility index (Phi) is 4.49. The van der Waals surface area contributed by atoms with Gasteiger partial charge in [-0.2, -0.15) is 0 Å². The van der Waals surface area contributed by atoms with Crippen molar-refractivity contribution in [2.45, 2.75) is 31.9 Å². The summed E-state index contributed by atoms with van der Waals surface area (Å²) in [6, 6.07) is -0.138. The van der Waals surface area contributed by atoms with Gasteiger partial charge in [0.2, 0.25) is 0 Å². The molecular formula is C10H17N3O. The molecule has 4 nitrogen and oxygen atoms in total. The molecule has 0 aliphatic carbocycles. The average molecular weight is 195 g/mol. The number of methoxy groups -OCH3 is 1. The summed E-state index contributed by atoms with van der Waals surface area (Å²) in [5, 5.41) is 0. The summed E-state index contributed by atoms with van der Waals surface area (Å²) in [4.78, 5) is 7.87. The molecule has 78 valence electrons. The summed E-state index contributed by atoms with van der Waals surface area (Å²) in [5.41, 5.74) is 6.95. The van der Waals surface area contributed by atoms with Gasteiger partial charge in [0.1, 0.15) is 6.33 Å². The molecule has 0 amide bonds. The van der Waals surface area contributed by atoms with E-state index in [0.29, 0.717) is 0 Å². The minimum Gasteiger partial charge on any atom is -0.379 e. The molecule has 0 spiro atoms. The second-order valence-corrected chi connectivity index (χ2v) is 3.26. The van der Waals surface area contributed by atoms with Gasteiger partial charge in [-0.3, -0.25) is 0 Å². The van der Waals surface area contributed by atoms with Gasteiger partial charge in [-0.1, -0.05) is 13.3 Å². The van der Waals surface area contributed by atoms with Crippen LogP contribution >= 0.6 is 0 Å². The highest BCUT2D eigenvalue weighted by atomic mass is 16.5. The minimum absolute atomic E-state index is 0.0472. The molecule has 2 atom stereocenters. The van der Waals surface area contributed by atoms with Crippen LogP contribution in [0.5, 0.6) is 0 Å². The Bertz CT molecular complexity index is 253. The lowest BCUT2D eigenvalue weighted by Crippen LogP contribution is -2.28. The van der Waals surface area contributed by atoms with Crippen LogP contribution in [0.3, 0.4) is 0 Å². The third kappa shape index (κ3) is 2.75. The number of hydrogen-bond acceptors (Lipinski definition) is 4. The van der Waals surface area contributed by atoms with Crippen LogP contribution in [0.15, 0.2) is 18.7 Å². The third-order valence-corrected chi connectivity index (χ3v) is 2.24. The predicted octanol–water partition coefficient (Wildman–Crippen LogP) is 1.29. The Labute approximate surface area is 84.5 Å². The van der Waals surface area contributed by atoms with E-state index >= 15 is 0 Å². The number of nitrogens with two attached hydrogens (primary N) is 1. The summed E-state index contributed by atoms with van der Waals surface area (Å²) in [6.07, 6.45) is 7.02. The topological polar surface area (TPSA) is 61.0 Å². The van der Waals surface area contributed by atoms with Gasteiger partial charge in [-0.15, -0.1) is 0 Å². The summed E-state index contributed by atoms with van der Waals surface area (Å²) >= 11 is 0. The summed E-state index contributed by atoms with van der Waals surface area (Å²) in [7, 11) is 1.68. The monoisotopic (exact) mass is 195 g/mol. The first kappa shape index (κ1) is 11.1. The van der Waals surface area contributed by atoms with Gasteiger partial charge in [0.15, 0.2) is 0 Å². The van der Waals surface area contributed by atoms with Crippen molar-refractivity contribution in [3.63, 3.8) is 0 Å². The summed E-state index contributed by atoms with van der Waals surface area (Å²) in [5.74, 6) is 0. The molecule has 1 heterocycles. The maximum absolute atomic E-state index is 6.03. The number of ether oxygens (including phenoxy) is 1. The molecule has 0 fully saturated rings. The molecule has 0 aromatic carbocycles. The highest BCUT2D eigenvalue weighted by molar-refractivity contribution is 5.10. The van der Waals surface area contributed by atoms with Crippen LogP contribution in [-0.4, -0.2) is 23.2 Å². The van der Waals surface area contributed by atoms with Crippen LogP contribution in [0.1, 0.15) is 31.4 Å². The van der Waals surface area contributed by atoms with Crippen LogP contribution in [0, 0.1) is 0 Å². The molecule has 0 aliphatic heterocycles. The van der Waals surface area contributed by atoms with E-state index in [4.69, 9.17) is 10.5 Å². The van der Waals surface area contributed by atoms with E-state index in [2.05, 4.69) is 16.9 Å². The fourth-order valence-corrected chi connectivity index (χ4v) is 1.43. The van der Waals surface area contributed by atoms with E-state index in [1.165, 1.54) is 6.33 Å². The molecule has 1 aromatic heterocycles. The van der Waals surface area contributed by atoms with Crippen molar-refractivity contribution < 1.29 is 4.74 Å². The number of nitrogens with zero attached hydrogens (tertiary/aromatic N) is 2. The van der Waals surface area contributed by atoms with Gasteiger partial charge < -0.3 is 10.5 Å². The molecule has 0 saturated carbocycles. The minimum atomic E-state index is -0.138. The molecule has 1 rings (SSSR count). The standard InChI is InChI=1S/C10H17N3O/c1-3-4-9(14-2)10(11)8-5-12-7-13-6-8/h5-7,9-10H,3-4,11H2,1-2H3. The molecule has 0 saturated heterocycles. The summed E-state index contributed by atoms with van der Waals surface area (Å²) < 4.78 is 5.33. The maximum Gasteiger partial charge on any atom is 0.115 e. The molecule has 2 N–H and O–H groups in total. The van der Waals surface area contributed by atoms with Gasteiger partial charge >= 0.3 is 0 Å². The summed E-state index contributed by atoms with van der Waals surface area (Å²) in [6.45, 7) is 2.11. The van der Waals surface area contributed by atoms with Crippen LogP contribution in [0.2, 0.25) is 0 Å². The van der Waals surface area contributed by atoms with E-state index in [1.807, 2.05) is 0 Å². The Morgan fingerprint density at radius 1 is 1.43 bits per heavy atom. The van der Waals surface area contributed by atoms with Gasteiger partial charge in [-0.05, 0) is 6.42 Å². The van der Waals surface area contributed by atoms with E-state index in [1.54, 1.807) is 19.5 Å².